The van der Waals surface area contributed by atoms with Crippen molar-refractivity contribution in [3.05, 3.63) is 65.2 Å². The number of nitrogens with zero attached hydrogens (tertiary/aromatic N) is 5. The summed E-state index contributed by atoms with van der Waals surface area (Å²) in [5.74, 6) is 0.399. The van der Waals surface area contributed by atoms with Gasteiger partial charge in [-0.1, -0.05) is 41.9 Å². The second-order valence-electron chi connectivity index (χ2n) is 7.29. The summed E-state index contributed by atoms with van der Waals surface area (Å²) in [5, 5.41) is 13.0. The first kappa shape index (κ1) is 19.0. The molecule has 0 spiro atoms. The van der Waals surface area contributed by atoms with Crippen LogP contribution < -0.4 is 0 Å². The van der Waals surface area contributed by atoms with E-state index in [1.54, 1.807) is 12.1 Å². The molecule has 3 rings (SSSR count). The smallest absolute Gasteiger partial charge is 0.246 e. The summed E-state index contributed by atoms with van der Waals surface area (Å²) >= 11 is 5.91. The van der Waals surface area contributed by atoms with E-state index in [2.05, 4.69) is 15.4 Å². The minimum atomic E-state index is -0.327. The average Bonchev–Trinajstić information content (AvgIpc) is 3.08. The Morgan fingerprint density at radius 2 is 1.74 bits per heavy atom. The molecule has 140 valence electrons. The standard InChI is InChI=1S/C20H22ClN5O/c1-20(2,3)25(13-15-7-5-4-6-8-15)18(27)14-26-23-19(22-24-26)16-9-11-17(21)12-10-16/h4-12H,13-14H2,1-3H3. The zero-order valence-corrected chi connectivity index (χ0v) is 16.4. The fourth-order valence-corrected chi connectivity index (χ4v) is 2.82. The third-order valence-corrected chi connectivity index (χ3v) is 4.38. The van der Waals surface area contributed by atoms with Crippen molar-refractivity contribution in [2.75, 3.05) is 0 Å². The second kappa shape index (κ2) is 7.88. The highest BCUT2D eigenvalue weighted by Gasteiger charge is 2.27. The highest BCUT2D eigenvalue weighted by atomic mass is 35.5. The molecule has 3 aromatic rings. The van der Waals surface area contributed by atoms with E-state index in [-0.39, 0.29) is 18.0 Å². The fraction of sp³-hybridized carbons (Fsp3) is 0.300. The molecule has 0 aliphatic heterocycles. The normalized spacial score (nSPS) is 11.4. The largest absolute Gasteiger partial charge is 0.332 e. The molecular formula is C20H22ClN5O. The molecule has 6 nitrogen and oxygen atoms in total. The van der Waals surface area contributed by atoms with Gasteiger partial charge < -0.3 is 4.90 Å². The lowest BCUT2D eigenvalue weighted by Crippen LogP contribution is -2.46. The van der Waals surface area contributed by atoms with Crippen molar-refractivity contribution in [1.82, 2.24) is 25.1 Å². The Labute approximate surface area is 163 Å². The van der Waals surface area contributed by atoms with Gasteiger partial charge in [0.1, 0.15) is 6.54 Å². The molecular weight excluding hydrogens is 362 g/mol. The highest BCUT2D eigenvalue weighted by Crippen LogP contribution is 2.19. The molecule has 1 aromatic heterocycles. The Bertz CT molecular complexity index is 900. The third kappa shape index (κ3) is 4.92. The predicted molar refractivity (Wildman–Crippen MR) is 105 cm³/mol. The number of carbonyl (C=O) groups excluding carboxylic acids is 1. The van der Waals surface area contributed by atoms with Crippen LogP contribution in [0.5, 0.6) is 0 Å². The van der Waals surface area contributed by atoms with Crippen molar-refractivity contribution in [1.29, 1.82) is 0 Å². The van der Waals surface area contributed by atoms with E-state index >= 15 is 0 Å². The molecule has 0 unspecified atom stereocenters. The van der Waals surface area contributed by atoms with Gasteiger partial charge in [0.05, 0.1) is 0 Å². The van der Waals surface area contributed by atoms with E-state index in [9.17, 15) is 4.79 Å². The Morgan fingerprint density at radius 3 is 2.37 bits per heavy atom. The Morgan fingerprint density at radius 1 is 1.07 bits per heavy atom. The van der Waals surface area contributed by atoms with Crippen molar-refractivity contribution in [2.45, 2.75) is 39.4 Å². The summed E-state index contributed by atoms with van der Waals surface area (Å²) in [6, 6.07) is 17.1. The zero-order chi connectivity index (χ0) is 19.4. The molecule has 0 saturated carbocycles. The first-order chi connectivity index (χ1) is 12.8. The van der Waals surface area contributed by atoms with E-state index in [1.807, 2.05) is 68.1 Å². The van der Waals surface area contributed by atoms with Gasteiger partial charge in [-0.15, -0.1) is 10.2 Å². The fourth-order valence-electron chi connectivity index (χ4n) is 2.70. The highest BCUT2D eigenvalue weighted by molar-refractivity contribution is 6.30. The molecule has 0 aliphatic carbocycles. The number of tetrazole rings is 1. The van der Waals surface area contributed by atoms with Gasteiger partial charge in [0.15, 0.2) is 0 Å². The molecule has 0 saturated heterocycles. The van der Waals surface area contributed by atoms with Crippen LogP contribution in [0.1, 0.15) is 26.3 Å². The third-order valence-electron chi connectivity index (χ3n) is 4.13. The molecule has 1 amide bonds. The molecule has 1 heterocycles. The molecule has 0 radical (unpaired) electrons. The number of amides is 1. The van der Waals surface area contributed by atoms with Gasteiger partial charge in [0.25, 0.3) is 0 Å². The molecule has 0 bridgehead atoms. The molecule has 2 aromatic carbocycles. The van der Waals surface area contributed by atoms with Crippen LogP contribution in [0.4, 0.5) is 0 Å². The van der Waals surface area contributed by atoms with Crippen LogP contribution in [0.25, 0.3) is 11.4 Å². The number of aromatic nitrogens is 4. The molecule has 0 fully saturated rings. The van der Waals surface area contributed by atoms with Gasteiger partial charge in [-0.25, -0.2) is 0 Å². The summed E-state index contributed by atoms with van der Waals surface area (Å²) in [6.45, 7) is 6.61. The molecule has 0 N–H and O–H groups in total. The summed E-state index contributed by atoms with van der Waals surface area (Å²) < 4.78 is 0. The van der Waals surface area contributed by atoms with Gasteiger partial charge in [-0.2, -0.15) is 4.80 Å². The van der Waals surface area contributed by atoms with Crippen molar-refractivity contribution >= 4 is 17.5 Å². The lowest BCUT2D eigenvalue weighted by molar-refractivity contribution is -0.137. The van der Waals surface area contributed by atoms with Gasteiger partial charge in [-0.05, 0) is 55.8 Å². The molecule has 7 heteroatoms. The van der Waals surface area contributed by atoms with Crippen LogP contribution in [-0.2, 0) is 17.9 Å². The lowest BCUT2D eigenvalue weighted by Gasteiger charge is -2.35. The molecule has 27 heavy (non-hydrogen) atoms. The monoisotopic (exact) mass is 383 g/mol. The summed E-state index contributed by atoms with van der Waals surface area (Å²) in [4.78, 5) is 16.1. The first-order valence-electron chi connectivity index (χ1n) is 8.71. The van der Waals surface area contributed by atoms with E-state index < -0.39 is 0 Å². The van der Waals surface area contributed by atoms with Crippen LogP contribution >= 0.6 is 11.6 Å². The van der Waals surface area contributed by atoms with E-state index in [0.717, 1.165) is 11.1 Å². The van der Waals surface area contributed by atoms with Crippen molar-refractivity contribution in [2.24, 2.45) is 0 Å². The van der Waals surface area contributed by atoms with E-state index in [4.69, 9.17) is 11.6 Å². The van der Waals surface area contributed by atoms with Gasteiger partial charge >= 0.3 is 0 Å². The van der Waals surface area contributed by atoms with Crippen LogP contribution in [0.3, 0.4) is 0 Å². The van der Waals surface area contributed by atoms with Crippen LogP contribution in [0.2, 0.25) is 5.02 Å². The molecule has 0 aliphatic rings. The van der Waals surface area contributed by atoms with Crippen molar-refractivity contribution in [3.8, 4) is 11.4 Å². The maximum absolute atomic E-state index is 12.9. The SMILES string of the molecule is CC(C)(C)N(Cc1ccccc1)C(=O)Cn1nnc(-c2ccc(Cl)cc2)n1. The second-order valence-corrected chi connectivity index (χ2v) is 7.72. The topological polar surface area (TPSA) is 63.9 Å². The van der Waals surface area contributed by atoms with Gasteiger partial charge in [0, 0.05) is 22.7 Å². The quantitative estimate of drug-likeness (QED) is 0.671. The number of hydrogen-bond acceptors (Lipinski definition) is 4. The maximum atomic E-state index is 12.9. The Balaban J connectivity index is 1.75. The van der Waals surface area contributed by atoms with Crippen molar-refractivity contribution < 1.29 is 4.79 Å². The number of carbonyl (C=O) groups is 1. The zero-order valence-electron chi connectivity index (χ0n) is 15.6. The lowest BCUT2D eigenvalue weighted by atomic mass is 10.0. The minimum Gasteiger partial charge on any atom is -0.332 e. The maximum Gasteiger partial charge on any atom is 0.246 e. The van der Waals surface area contributed by atoms with Crippen molar-refractivity contribution in [3.63, 3.8) is 0 Å². The Hall–Kier alpha value is -2.73. The summed E-state index contributed by atoms with van der Waals surface area (Å²) in [5.41, 5.74) is 1.55. The number of halogens is 1. The van der Waals surface area contributed by atoms with Gasteiger partial charge in [0.2, 0.25) is 11.7 Å². The predicted octanol–water partition coefficient (Wildman–Crippen LogP) is 3.82. The Kier molecular flexibility index (Phi) is 5.56. The van der Waals surface area contributed by atoms with Gasteiger partial charge in [-0.3, -0.25) is 4.79 Å². The van der Waals surface area contributed by atoms with E-state index in [0.29, 0.717) is 17.4 Å². The number of rotatable bonds is 5. The van der Waals surface area contributed by atoms with Crippen LogP contribution in [0, 0.1) is 0 Å². The minimum absolute atomic E-state index is 0.0324. The number of hydrogen-bond donors (Lipinski definition) is 0. The number of benzene rings is 2. The first-order valence-corrected chi connectivity index (χ1v) is 9.09. The van der Waals surface area contributed by atoms with Crippen LogP contribution in [0.15, 0.2) is 54.6 Å². The average molecular weight is 384 g/mol. The van der Waals surface area contributed by atoms with E-state index in [1.165, 1.54) is 4.80 Å². The summed E-state index contributed by atoms with van der Waals surface area (Å²) in [7, 11) is 0. The van der Waals surface area contributed by atoms with Crippen LogP contribution in [-0.4, -0.2) is 36.6 Å². The summed E-state index contributed by atoms with van der Waals surface area (Å²) in [6.07, 6.45) is 0. The molecule has 0 atom stereocenters.